The molecule has 2 atom stereocenters. The fourth-order valence-corrected chi connectivity index (χ4v) is 3.91. The van der Waals surface area contributed by atoms with Crippen molar-refractivity contribution < 1.29 is 5.11 Å². The average Bonchev–Trinajstić information content (AvgIpc) is 3.15. The minimum absolute atomic E-state index is 0. The second-order valence-corrected chi connectivity index (χ2v) is 6.21. The van der Waals surface area contributed by atoms with E-state index in [1.54, 1.807) is 18.3 Å². The van der Waals surface area contributed by atoms with E-state index in [1.165, 1.54) is 0 Å². The first-order chi connectivity index (χ1) is 9.75. The number of nitrogens with zero attached hydrogens (tertiary/aromatic N) is 3. The molecule has 3 aromatic heterocycles. The lowest BCUT2D eigenvalue weighted by molar-refractivity contribution is 0.182. The summed E-state index contributed by atoms with van der Waals surface area (Å²) >= 11 is 1.69. The Kier molecular flexibility index (Phi) is 3.88. The minimum Gasteiger partial charge on any atom is -0.385 e. The maximum Gasteiger partial charge on any atom is 0.138 e. The van der Waals surface area contributed by atoms with Gasteiger partial charge in [0, 0.05) is 12.6 Å². The van der Waals surface area contributed by atoms with Crippen LogP contribution in [-0.2, 0) is 0 Å². The Balaban J connectivity index is 0.00000132. The van der Waals surface area contributed by atoms with Gasteiger partial charge in [-0.25, -0.2) is 4.98 Å². The smallest absolute Gasteiger partial charge is 0.138 e. The molecular weight excluding hydrogens is 308 g/mol. The van der Waals surface area contributed by atoms with Gasteiger partial charge in [0.15, 0.2) is 0 Å². The van der Waals surface area contributed by atoms with Crippen molar-refractivity contribution in [1.82, 2.24) is 19.9 Å². The van der Waals surface area contributed by atoms with Gasteiger partial charge >= 0.3 is 0 Å². The van der Waals surface area contributed by atoms with Crippen molar-refractivity contribution in [3.63, 3.8) is 0 Å². The van der Waals surface area contributed by atoms with Crippen LogP contribution >= 0.6 is 23.7 Å². The highest BCUT2D eigenvalue weighted by Crippen LogP contribution is 2.34. The third-order valence-corrected chi connectivity index (χ3v) is 4.83. The highest BCUT2D eigenvalue weighted by Gasteiger charge is 2.25. The van der Waals surface area contributed by atoms with Gasteiger partial charge in [0.2, 0.25) is 0 Å². The van der Waals surface area contributed by atoms with Crippen molar-refractivity contribution in [2.24, 2.45) is 0 Å². The second kappa shape index (κ2) is 5.53. The third kappa shape index (κ3) is 2.23. The number of imidazole rings is 1. The predicted octanol–water partition coefficient (Wildman–Crippen LogP) is 2.66. The molecular formula is C14H17ClN4OS. The number of nitrogens with one attached hydrogen (secondary N) is 1. The monoisotopic (exact) mass is 324 g/mol. The number of aliphatic hydroxyl groups excluding tert-OH is 1. The SMILES string of the molecule is CC(O)c1nc2cnc3ccsc3c2n1[C@H]1CCNC1.Cl. The lowest BCUT2D eigenvalue weighted by Crippen LogP contribution is -2.17. The van der Waals surface area contributed by atoms with Gasteiger partial charge in [-0.15, -0.1) is 23.7 Å². The molecule has 5 nitrogen and oxygen atoms in total. The van der Waals surface area contributed by atoms with Crippen LogP contribution in [-0.4, -0.2) is 32.7 Å². The summed E-state index contributed by atoms with van der Waals surface area (Å²) in [6, 6.07) is 2.39. The first-order valence-corrected chi connectivity index (χ1v) is 7.76. The Bertz CT molecular complexity index is 776. The molecule has 1 fully saturated rings. The number of rotatable bonds is 2. The summed E-state index contributed by atoms with van der Waals surface area (Å²) in [5, 5.41) is 15.5. The van der Waals surface area contributed by atoms with Crippen molar-refractivity contribution in [1.29, 1.82) is 0 Å². The largest absolute Gasteiger partial charge is 0.385 e. The van der Waals surface area contributed by atoms with Crippen molar-refractivity contribution in [3.05, 3.63) is 23.5 Å². The van der Waals surface area contributed by atoms with Crippen molar-refractivity contribution in [3.8, 4) is 0 Å². The summed E-state index contributed by atoms with van der Waals surface area (Å²) in [5.41, 5.74) is 3.00. The zero-order valence-electron chi connectivity index (χ0n) is 11.6. The Labute approximate surface area is 132 Å². The van der Waals surface area contributed by atoms with E-state index in [-0.39, 0.29) is 12.4 Å². The number of halogens is 1. The molecule has 0 bridgehead atoms. The molecule has 4 heterocycles. The molecule has 1 aliphatic heterocycles. The number of thiophene rings is 1. The van der Waals surface area contributed by atoms with Gasteiger partial charge in [-0.05, 0) is 31.3 Å². The van der Waals surface area contributed by atoms with E-state index in [2.05, 4.69) is 25.2 Å². The minimum atomic E-state index is -0.571. The zero-order chi connectivity index (χ0) is 13.7. The van der Waals surface area contributed by atoms with E-state index in [0.717, 1.165) is 46.6 Å². The fourth-order valence-electron chi connectivity index (χ4n) is 3.02. The number of aliphatic hydroxyl groups is 1. The van der Waals surface area contributed by atoms with E-state index in [0.29, 0.717) is 6.04 Å². The topological polar surface area (TPSA) is 63.0 Å². The summed E-state index contributed by atoms with van der Waals surface area (Å²) < 4.78 is 3.38. The van der Waals surface area contributed by atoms with Crippen LogP contribution < -0.4 is 5.32 Å². The first kappa shape index (κ1) is 14.7. The van der Waals surface area contributed by atoms with Gasteiger partial charge < -0.3 is 15.0 Å². The molecule has 1 aliphatic rings. The molecule has 2 N–H and O–H groups in total. The number of fused-ring (bicyclic) bond motifs is 3. The first-order valence-electron chi connectivity index (χ1n) is 6.88. The number of hydrogen-bond acceptors (Lipinski definition) is 5. The van der Waals surface area contributed by atoms with E-state index < -0.39 is 6.10 Å². The molecule has 4 rings (SSSR count). The van der Waals surface area contributed by atoms with Crippen molar-refractivity contribution in [2.45, 2.75) is 25.5 Å². The molecule has 7 heteroatoms. The molecule has 3 aromatic rings. The molecule has 21 heavy (non-hydrogen) atoms. The van der Waals surface area contributed by atoms with Crippen molar-refractivity contribution >= 4 is 45.0 Å². The van der Waals surface area contributed by atoms with E-state index in [1.807, 2.05) is 12.3 Å². The second-order valence-electron chi connectivity index (χ2n) is 5.29. The molecule has 0 radical (unpaired) electrons. The molecule has 112 valence electrons. The van der Waals surface area contributed by atoms with E-state index in [4.69, 9.17) is 0 Å². The van der Waals surface area contributed by atoms with Crippen LogP contribution in [0.4, 0.5) is 0 Å². The van der Waals surface area contributed by atoms with Gasteiger partial charge in [0.25, 0.3) is 0 Å². The van der Waals surface area contributed by atoms with Gasteiger partial charge in [-0.3, -0.25) is 4.98 Å². The maximum atomic E-state index is 10.1. The Morgan fingerprint density at radius 1 is 1.48 bits per heavy atom. The fraction of sp³-hybridized carbons (Fsp3) is 0.429. The van der Waals surface area contributed by atoms with Gasteiger partial charge in [0.05, 0.1) is 21.9 Å². The van der Waals surface area contributed by atoms with Gasteiger partial charge in [0.1, 0.15) is 17.4 Å². The van der Waals surface area contributed by atoms with Gasteiger partial charge in [-0.1, -0.05) is 0 Å². The van der Waals surface area contributed by atoms with Crippen LogP contribution in [0.25, 0.3) is 21.3 Å². The summed E-state index contributed by atoms with van der Waals surface area (Å²) in [6.07, 6.45) is 2.31. The van der Waals surface area contributed by atoms with Crippen LogP contribution in [0.5, 0.6) is 0 Å². The summed E-state index contributed by atoms with van der Waals surface area (Å²) in [6.45, 7) is 3.72. The Morgan fingerprint density at radius 3 is 3.05 bits per heavy atom. The average molecular weight is 325 g/mol. The van der Waals surface area contributed by atoms with Crippen LogP contribution in [0.3, 0.4) is 0 Å². The molecule has 0 saturated carbocycles. The Hall–Kier alpha value is -1.21. The number of aromatic nitrogens is 3. The van der Waals surface area contributed by atoms with E-state index in [9.17, 15) is 5.11 Å². The summed E-state index contributed by atoms with van der Waals surface area (Å²) in [4.78, 5) is 9.06. The van der Waals surface area contributed by atoms with Crippen molar-refractivity contribution in [2.75, 3.05) is 13.1 Å². The molecule has 0 aromatic carbocycles. The van der Waals surface area contributed by atoms with Crippen LogP contribution in [0.1, 0.15) is 31.3 Å². The Morgan fingerprint density at radius 2 is 2.33 bits per heavy atom. The lowest BCUT2D eigenvalue weighted by Gasteiger charge is -2.17. The number of pyridine rings is 1. The highest BCUT2D eigenvalue weighted by atomic mass is 35.5. The van der Waals surface area contributed by atoms with E-state index >= 15 is 0 Å². The predicted molar refractivity (Wildman–Crippen MR) is 87.3 cm³/mol. The van der Waals surface area contributed by atoms with Crippen LogP contribution in [0, 0.1) is 0 Å². The van der Waals surface area contributed by atoms with Gasteiger partial charge in [-0.2, -0.15) is 0 Å². The molecule has 1 unspecified atom stereocenters. The molecule has 0 spiro atoms. The third-order valence-electron chi connectivity index (χ3n) is 3.92. The molecule has 1 saturated heterocycles. The molecule has 0 aliphatic carbocycles. The lowest BCUT2D eigenvalue weighted by atomic mass is 10.2. The highest BCUT2D eigenvalue weighted by molar-refractivity contribution is 7.18. The number of hydrogen-bond donors (Lipinski definition) is 2. The molecule has 0 amide bonds. The standard InChI is InChI=1S/C14H16N4OS.ClH/c1-8(19)14-17-11-7-16-10-3-5-20-13(10)12(11)18(14)9-2-4-15-6-9;/h3,5,7-9,15,19H,2,4,6H2,1H3;1H/t8?,9-;/m0./s1. The van der Waals surface area contributed by atoms with Crippen LogP contribution in [0.2, 0.25) is 0 Å². The summed E-state index contributed by atoms with van der Waals surface area (Å²) in [5.74, 6) is 0.747. The maximum absolute atomic E-state index is 10.1. The summed E-state index contributed by atoms with van der Waals surface area (Å²) in [7, 11) is 0. The normalized spacial score (nSPS) is 20.0. The zero-order valence-corrected chi connectivity index (χ0v) is 13.2. The van der Waals surface area contributed by atoms with Crippen LogP contribution in [0.15, 0.2) is 17.6 Å². The quantitative estimate of drug-likeness (QED) is 0.760.